The van der Waals surface area contributed by atoms with Gasteiger partial charge in [0.05, 0.1) is 5.41 Å². The van der Waals surface area contributed by atoms with Crippen LogP contribution in [0.25, 0.3) is 0 Å². The molecule has 1 aromatic rings. The number of urea groups is 1. The lowest BCUT2D eigenvalue weighted by Crippen LogP contribution is -2.52. The van der Waals surface area contributed by atoms with Crippen LogP contribution in [0.15, 0.2) is 30.3 Å². The second-order valence-electron chi connectivity index (χ2n) is 9.12. The third kappa shape index (κ3) is 4.82. The van der Waals surface area contributed by atoms with Crippen LogP contribution in [-0.2, 0) is 11.2 Å². The minimum Gasteiger partial charge on any atom is -0.342 e. The van der Waals surface area contributed by atoms with Gasteiger partial charge < -0.3 is 15.1 Å². The summed E-state index contributed by atoms with van der Waals surface area (Å²) >= 11 is 0. The van der Waals surface area contributed by atoms with Gasteiger partial charge in [-0.3, -0.25) is 4.79 Å². The van der Waals surface area contributed by atoms with Crippen LogP contribution in [0.2, 0.25) is 0 Å². The van der Waals surface area contributed by atoms with Crippen molar-refractivity contribution in [1.29, 1.82) is 0 Å². The van der Waals surface area contributed by atoms with Crippen LogP contribution in [0.5, 0.6) is 0 Å². The number of hydrogen-bond donors (Lipinski definition) is 1. The number of hydrogen-bond acceptors (Lipinski definition) is 2. The second-order valence-corrected chi connectivity index (χ2v) is 9.12. The number of nitrogens with zero attached hydrogens (tertiary/aromatic N) is 2. The molecule has 1 atom stereocenters. The zero-order chi connectivity index (χ0) is 19.5. The van der Waals surface area contributed by atoms with Gasteiger partial charge in [-0.15, -0.1) is 0 Å². The number of piperidine rings is 1. The van der Waals surface area contributed by atoms with Crippen molar-refractivity contribution in [2.24, 2.45) is 5.41 Å². The molecule has 2 aliphatic rings. The molecule has 27 heavy (non-hydrogen) atoms. The van der Waals surface area contributed by atoms with E-state index in [1.165, 1.54) is 5.56 Å². The van der Waals surface area contributed by atoms with Crippen molar-refractivity contribution in [2.45, 2.75) is 58.4 Å². The Kier molecular flexibility index (Phi) is 5.78. The zero-order valence-corrected chi connectivity index (χ0v) is 17.0. The molecule has 1 spiro atoms. The largest absolute Gasteiger partial charge is 0.342 e. The fourth-order valence-electron chi connectivity index (χ4n) is 4.31. The Labute approximate surface area is 163 Å². The summed E-state index contributed by atoms with van der Waals surface area (Å²) in [6.45, 7) is 8.84. The first-order chi connectivity index (χ1) is 12.8. The maximum atomic E-state index is 13.2. The van der Waals surface area contributed by atoms with Gasteiger partial charge in [0.25, 0.3) is 0 Å². The molecule has 2 aliphatic heterocycles. The van der Waals surface area contributed by atoms with Crippen LogP contribution < -0.4 is 5.32 Å². The van der Waals surface area contributed by atoms with Gasteiger partial charge >= 0.3 is 6.03 Å². The molecule has 0 aromatic heterocycles. The molecule has 0 saturated carbocycles. The van der Waals surface area contributed by atoms with E-state index in [4.69, 9.17) is 0 Å². The summed E-state index contributed by atoms with van der Waals surface area (Å²) in [5.41, 5.74) is 0.704. The maximum absolute atomic E-state index is 13.2. The predicted molar refractivity (Wildman–Crippen MR) is 107 cm³/mol. The highest BCUT2D eigenvalue weighted by Gasteiger charge is 2.49. The molecular weight excluding hydrogens is 338 g/mol. The number of amides is 3. The van der Waals surface area contributed by atoms with Gasteiger partial charge in [-0.25, -0.2) is 4.79 Å². The van der Waals surface area contributed by atoms with Crippen LogP contribution >= 0.6 is 0 Å². The average Bonchev–Trinajstić information content (AvgIpc) is 3.04. The van der Waals surface area contributed by atoms with Crippen molar-refractivity contribution in [3.8, 4) is 0 Å². The molecule has 3 rings (SSSR count). The molecule has 5 nitrogen and oxygen atoms in total. The third-order valence-corrected chi connectivity index (χ3v) is 5.68. The van der Waals surface area contributed by atoms with E-state index in [-0.39, 0.29) is 22.9 Å². The van der Waals surface area contributed by atoms with Gasteiger partial charge in [-0.1, -0.05) is 30.3 Å². The summed E-state index contributed by atoms with van der Waals surface area (Å²) < 4.78 is 0. The smallest absolute Gasteiger partial charge is 0.317 e. The van der Waals surface area contributed by atoms with Gasteiger partial charge in [0, 0.05) is 31.7 Å². The molecule has 5 heteroatoms. The summed E-state index contributed by atoms with van der Waals surface area (Å²) in [7, 11) is 0. The number of carbonyl (C=O) groups excluding carboxylic acids is 2. The standard InChI is InChI=1S/C22H33N3O2/c1-21(2,3)23-20(27)25-16-13-22(17-25)12-8-15-24(19(22)26)14-7-11-18-9-5-4-6-10-18/h4-6,9-10H,7-8,11-17H2,1-3H3,(H,23,27)/t22-/m1/s1. The molecule has 3 amide bonds. The Balaban J connectivity index is 1.55. The van der Waals surface area contributed by atoms with Crippen molar-refractivity contribution >= 4 is 11.9 Å². The Morgan fingerprint density at radius 3 is 2.59 bits per heavy atom. The Morgan fingerprint density at radius 2 is 1.89 bits per heavy atom. The highest BCUT2D eigenvalue weighted by molar-refractivity contribution is 5.86. The molecule has 0 radical (unpaired) electrons. The average molecular weight is 372 g/mol. The lowest BCUT2D eigenvalue weighted by atomic mass is 9.78. The summed E-state index contributed by atoms with van der Waals surface area (Å²) in [4.78, 5) is 29.6. The number of benzene rings is 1. The van der Waals surface area contributed by atoms with E-state index in [0.29, 0.717) is 13.1 Å². The van der Waals surface area contributed by atoms with E-state index in [2.05, 4.69) is 29.6 Å². The number of rotatable bonds is 4. The van der Waals surface area contributed by atoms with E-state index in [1.807, 2.05) is 36.6 Å². The van der Waals surface area contributed by atoms with Crippen molar-refractivity contribution in [1.82, 2.24) is 15.1 Å². The molecule has 2 heterocycles. The minimum absolute atomic E-state index is 0.0478. The Bertz CT molecular complexity index is 668. The quantitative estimate of drug-likeness (QED) is 0.881. The predicted octanol–water partition coefficient (Wildman–Crippen LogP) is 3.44. The molecular formula is C22H33N3O2. The molecule has 0 aliphatic carbocycles. The topological polar surface area (TPSA) is 52.7 Å². The Hall–Kier alpha value is -2.04. The zero-order valence-electron chi connectivity index (χ0n) is 17.0. The fraction of sp³-hybridized carbons (Fsp3) is 0.636. The van der Waals surface area contributed by atoms with Gasteiger partial charge in [-0.05, 0) is 58.4 Å². The first kappa shape index (κ1) is 19.7. The number of carbonyl (C=O) groups is 2. The Morgan fingerprint density at radius 1 is 1.15 bits per heavy atom. The van der Waals surface area contributed by atoms with Crippen molar-refractivity contribution in [3.63, 3.8) is 0 Å². The number of likely N-dealkylation sites (tertiary alicyclic amines) is 2. The molecule has 148 valence electrons. The molecule has 0 bridgehead atoms. The molecule has 1 aromatic carbocycles. The number of aryl methyl sites for hydroxylation is 1. The van der Waals surface area contributed by atoms with Crippen LogP contribution in [0.4, 0.5) is 4.79 Å². The van der Waals surface area contributed by atoms with E-state index in [0.717, 1.165) is 45.2 Å². The molecule has 2 saturated heterocycles. The lowest BCUT2D eigenvalue weighted by molar-refractivity contribution is -0.145. The van der Waals surface area contributed by atoms with Crippen molar-refractivity contribution < 1.29 is 9.59 Å². The van der Waals surface area contributed by atoms with Gasteiger partial charge in [0.15, 0.2) is 0 Å². The van der Waals surface area contributed by atoms with E-state index >= 15 is 0 Å². The molecule has 2 fully saturated rings. The summed E-state index contributed by atoms with van der Waals surface area (Å²) in [6.07, 6.45) is 4.71. The number of nitrogens with one attached hydrogen (secondary N) is 1. The van der Waals surface area contributed by atoms with Crippen LogP contribution in [0.1, 0.15) is 52.0 Å². The SMILES string of the molecule is CC(C)(C)NC(=O)N1CC[C@]2(CCCN(CCCc3ccccc3)C2=O)C1. The normalized spacial score (nSPS) is 23.1. The minimum atomic E-state index is -0.361. The third-order valence-electron chi connectivity index (χ3n) is 5.68. The van der Waals surface area contributed by atoms with Crippen LogP contribution in [0.3, 0.4) is 0 Å². The first-order valence-electron chi connectivity index (χ1n) is 10.2. The highest BCUT2D eigenvalue weighted by atomic mass is 16.2. The van der Waals surface area contributed by atoms with Crippen LogP contribution in [-0.4, -0.2) is 53.5 Å². The monoisotopic (exact) mass is 371 g/mol. The van der Waals surface area contributed by atoms with Crippen molar-refractivity contribution in [2.75, 3.05) is 26.2 Å². The first-order valence-corrected chi connectivity index (χ1v) is 10.2. The second kappa shape index (κ2) is 7.91. The van der Waals surface area contributed by atoms with Crippen molar-refractivity contribution in [3.05, 3.63) is 35.9 Å². The fourth-order valence-corrected chi connectivity index (χ4v) is 4.31. The summed E-state index contributed by atoms with van der Waals surface area (Å²) in [5.74, 6) is 0.257. The van der Waals surface area contributed by atoms with Crippen LogP contribution in [0, 0.1) is 5.41 Å². The van der Waals surface area contributed by atoms with E-state index in [9.17, 15) is 9.59 Å². The maximum Gasteiger partial charge on any atom is 0.317 e. The molecule has 1 N–H and O–H groups in total. The molecule has 0 unspecified atom stereocenters. The van der Waals surface area contributed by atoms with E-state index < -0.39 is 0 Å². The van der Waals surface area contributed by atoms with Gasteiger partial charge in [-0.2, -0.15) is 0 Å². The lowest BCUT2D eigenvalue weighted by Gasteiger charge is -2.39. The highest BCUT2D eigenvalue weighted by Crippen LogP contribution is 2.40. The summed E-state index contributed by atoms with van der Waals surface area (Å²) in [5, 5.41) is 3.02. The van der Waals surface area contributed by atoms with E-state index in [1.54, 1.807) is 0 Å². The van der Waals surface area contributed by atoms with Gasteiger partial charge in [0.2, 0.25) is 5.91 Å². The van der Waals surface area contributed by atoms with Gasteiger partial charge in [0.1, 0.15) is 0 Å². The summed E-state index contributed by atoms with van der Waals surface area (Å²) in [6, 6.07) is 10.4.